The van der Waals surface area contributed by atoms with Crippen molar-refractivity contribution in [2.45, 2.75) is 23.1 Å². The number of ketones is 1. The van der Waals surface area contributed by atoms with E-state index in [-0.39, 0.29) is 16.5 Å². The van der Waals surface area contributed by atoms with E-state index in [4.69, 9.17) is 21.1 Å². The highest BCUT2D eigenvalue weighted by Gasteiger charge is 2.48. The van der Waals surface area contributed by atoms with Crippen molar-refractivity contribution in [2.75, 3.05) is 18.6 Å². The SMILES string of the molecule is CCOc1cccc(C2C(=C(O)c3ccc(OC)cc3)C(=O)C(=O)N2c2nnc(SCc3ccc(Cl)cc3)s2)c1. The number of aromatic nitrogens is 2. The normalized spacial score (nSPS) is 16.4. The molecule has 0 spiro atoms. The van der Waals surface area contributed by atoms with Gasteiger partial charge in [0.1, 0.15) is 17.3 Å². The van der Waals surface area contributed by atoms with Gasteiger partial charge in [0, 0.05) is 16.3 Å². The number of carbonyl (C=O) groups excluding carboxylic acids is 2. The predicted molar refractivity (Wildman–Crippen MR) is 156 cm³/mol. The maximum absolute atomic E-state index is 13.5. The van der Waals surface area contributed by atoms with E-state index < -0.39 is 17.7 Å². The zero-order chi connectivity index (χ0) is 28.2. The lowest BCUT2D eigenvalue weighted by Crippen LogP contribution is -2.29. The number of amides is 1. The molecule has 8 nitrogen and oxygen atoms in total. The average molecular weight is 594 g/mol. The second-order valence-corrected chi connectivity index (χ2v) is 11.3. The van der Waals surface area contributed by atoms with Crippen LogP contribution in [0.4, 0.5) is 5.13 Å². The Balaban J connectivity index is 1.54. The fraction of sp³-hybridized carbons (Fsp3) is 0.172. The van der Waals surface area contributed by atoms with E-state index in [9.17, 15) is 14.7 Å². The summed E-state index contributed by atoms with van der Waals surface area (Å²) in [5.74, 6) is -0.112. The number of aliphatic hydroxyl groups excluding tert-OH is 1. The number of nitrogens with zero attached hydrogens (tertiary/aromatic N) is 3. The standard InChI is InChI=1S/C29H24ClN3O5S2/c1-3-38-22-6-4-5-19(15-22)24-23(25(34)18-9-13-21(37-2)14-10-18)26(35)27(36)33(24)28-31-32-29(40-28)39-16-17-7-11-20(30)12-8-17/h4-15,24,34H,3,16H2,1-2H3. The number of halogens is 1. The van der Waals surface area contributed by atoms with Crippen LogP contribution in [0.1, 0.15) is 29.7 Å². The lowest BCUT2D eigenvalue weighted by atomic mass is 9.95. The van der Waals surface area contributed by atoms with Crippen molar-refractivity contribution in [1.82, 2.24) is 10.2 Å². The molecule has 3 aromatic carbocycles. The van der Waals surface area contributed by atoms with Crippen molar-refractivity contribution in [2.24, 2.45) is 0 Å². The zero-order valence-corrected chi connectivity index (χ0v) is 23.9. The lowest BCUT2D eigenvalue weighted by Gasteiger charge is -2.23. The van der Waals surface area contributed by atoms with Crippen molar-refractivity contribution >= 4 is 57.3 Å². The topological polar surface area (TPSA) is 102 Å². The Morgan fingerprint density at radius 2 is 1.80 bits per heavy atom. The highest BCUT2D eigenvalue weighted by molar-refractivity contribution is 8.00. The van der Waals surface area contributed by atoms with E-state index in [1.165, 1.54) is 35.1 Å². The summed E-state index contributed by atoms with van der Waals surface area (Å²) < 4.78 is 11.5. The van der Waals surface area contributed by atoms with Gasteiger partial charge in [-0.15, -0.1) is 10.2 Å². The number of hydrogen-bond donors (Lipinski definition) is 1. The third-order valence-electron chi connectivity index (χ3n) is 6.17. The molecule has 0 aliphatic carbocycles. The van der Waals surface area contributed by atoms with Crippen LogP contribution in [0.2, 0.25) is 5.02 Å². The molecule has 40 heavy (non-hydrogen) atoms. The monoisotopic (exact) mass is 593 g/mol. The molecule has 1 atom stereocenters. The molecule has 0 bridgehead atoms. The molecular formula is C29H24ClN3O5S2. The van der Waals surface area contributed by atoms with E-state index in [2.05, 4.69) is 10.2 Å². The molecule has 1 saturated heterocycles. The first-order chi connectivity index (χ1) is 19.4. The van der Waals surface area contributed by atoms with Gasteiger partial charge in [-0.1, -0.05) is 59.0 Å². The van der Waals surface area contributed by atoms with Gasteiger partial charge < -0.3 is 14.6 Å². The van der Waals surface area contributed by atoms with Crippen LogP contribution in [0, 0.1) is 0 Å². The number of hydrogen-bond acceptors (Lipinski definition) is 9. The van der Waals surface area contributed by atoms with Crippen molar-refractivity contribution in [1.29, 1.82) is 0 Å². The molecule has 2 heterocycles. The van der Waals surface area contributed by atoms with E-state index in [1.807, 2.05) is 31.2 Å². The molecule has 1 unspecified atom stereocenters. The Morgan fingerprint density at radius 3 is 2.50 bits per heavy atom. The van der Waals surface area contributed by atoms with Crippen LogP contribution in [0.25, 0.3) is 5.76 Å². The van der Waals surface area contributed by atoms with Gasteiger partial charge in [-0.25, -0.2) is 0 Å². The summed E-state index contributed by atoms with van der Waals surface area (Å²) in [5.41, 5.74) is 1.97. The number of Topliss-reactive ketones (excluding diaryl/α,β-unsaturated/α-hetero) is 1. The number of rotatable bonds is 9. The Bertz CT molecular complexity index is 1570. The Hall–Kier alpha value is -3.86. The number of benzene rings is 3. The van der Waals surface area contributed by atoms with E-state index >= 15 is 0 Å². The first kappa shape index (κ1) is 27.7. The van der Waals surface area contributed by atoms with Crippen LogP contribution in [0.15, 0.2) is 82.7 Å². The lowest BCUT2D eigenvalue weighted by molar-refractivity contribution is -0.132. The second-order valence-electron chi connectivity index (χ2n) is 8.67. The number of anilines is 1. The van der Waals surface area contributed by atoms with Crippen molar-refractivity contribution in [3.8, 4) is 11.5 Å². The van der Waals surface area contributed by atoms with Gasteiger partial charge in [-0.3, -0.25) is 14.5 Å². The van der Waals surface area contributed by atoms with Gasteiger partial charge in [0.2, 0.25) is 5.13 Å². The molecule has 1 aliphatic heterocycles. The Morgan fingerprint density at radius 1 is 1.05 bits per heavy atom. The summed E-state index contributed by atoms with van der Waals surface area (Å²) in [7, 11) is 1.54. The molecule has 1 N–H and O–H groups in total. The third kappa shape index (κ3) is 5.70. The number of methoxy groups -OCH3 is 1. The van der Waals surface area contributed by atoms with Gasteiger partial charge in [0.05, 0.1) is 25.3 Å². The van der Waals surface area contributed by atoms with Gasteiger partial charge in [-0.2, -0.15) is 0 Å². The smallest absolute Gasteiger partial charge is 0.301 e. The number of thioether (sulfide) groups is 1. The molecule has 1 aromatic heterocycles. The summed E-state index contributed by atoms with van der Waals surface area (Å²) in [6.07, 6.45) is 0. The zero-order valence-electron chi connectivity index (χ0n) is 21.5. The maximum Gasteiger partial charge on any atom is 0.301 e. The fourth-order valence-corrected chi connectivity index (χ4v) is 6.22. The van der Waals surface area contributed by atoms with Crippen molar-refractivity contribution in [3.63, 3.8) is 0 Å². The van der Waals surface area contributed by atoms with Gasteiger partial charge >= 0.3 is 5.91 Å². The average Bonchev–Trinajstić information content (AvgIpc) is 3.54. The first-order valence-electron chi connectivity index (χ1n) is 12.3. The minimum absolute atomic E-state index is 0.0469. The molecule has 1 aliphatic rings. The summed E-state index contributed by atoms with van der Waals surface area (Å²) in [5, 5.41) is 20.8. The van der Waals surface area contributed by atoms with Crippen molar-refractivity contribution < 1.29 is 24.2 Å². The minimum atomic E-state index is -0.940. The van der Waals surface area contributed by atoms with E-state index in [1.54, 1.807) is 48.5 Å². The third-order valence-corrected chi connectivity index (χ3v) is 8.55. The molecule has 1 fully saturated rings. The fourth-order valence-electron chi connectivity index (χ4n) is 4.27. The summed E-state index contributed by atoms with van der Waals surface area (Å²) in [6.45, 7) is 2.31. The quantitative estimate of drug-likeness (QED) is 0.0769. The summed E-state index contributed by atoms with van der Waals surface area (Å²) in [6, 6.07) is 20.3. The molecular weight excluding hydrogens is 570 g/mol. The van der Waals surface area contributed by atoms with Crippen molar-refractivity contribution in [3.05, 3.63) is 100 Å². The number of carbonyl (C=O) groups is 2. The molecule has 0 saturated carbocycles. The van der Waals surface area contributed by atoms with Gasteiger partial charge in [0.15, 0.2) is 4.34 Å². The number of ether oxygens (including phenoxy) is 2. The largest absolute Gasteiger partial charge is 0.507 e. The second kappa shape index (κ2) is 12.1. The van der Waals surface area contributed by atoms with Gasteiger partial charge in [-0.05, 0) is 66.6 Å². The highest BCUT2D eigenvalue weighted by atomic mass is 35.5. The molecule has 0 radical (unpaired) electrons. The van der Waals surface area contributed by atoms with Crippen LogP contribution in [-0.4, -0.2) is 40.7 Å². The minimum Gasteiger partial charge on any atom is -0.507 e. The molecule has 11 heteroatoms. The Labute approximate surface area is 244 Å². The number of aliphatic hydroxyl groups is 1. The Kier molecular flexibility index (Phi) is 8.39. The molecule has 1 amide bonds. The molecule has 204 valence electrons. The van der Waals surface area contributed by atoms with Crippen LogP contribution in [0.5, 0.6) is 11.5 Å². The van der Waals surface area contributed by atoms with Gasteiger partial charge in [0.25, 0.3) is 5.78 Å². The predicted octanol–water partition coefficient (Wildman–Crippen LogP) is 6.52. The van der Waals surface area contributed by atoms with E-state index in [0.717, 1.165) is 5.56 Å². The first-order valence-corrected chi connectivity index (χ1v) is 14.5. The molecule has 4 aromatic rings. The summed E-state index contributed by atoms with van der Waals surface area (Å²) >= 11 is 8.64. The highest BCUT2D eigenvalue weighted by Crippen LogP contribution is 2.44. The maximum atomic E-state index is 13.5. The van der Waals surface area contributed by atoms with Crippen LogP contribution in [-0.2, 0) is 15.3 Å². The summed E-state index contributed by atoms with van der Waals surface area (Å²) in [4.78, 5) is 28.2. The van der Waals surface area contributed by atoms with Crippen LogP contribution in [0.3, 0.4) is 0 Å². The molecule has 5 rings (SSSR count). The van der Waals surface area contributed by atoms with Crippen LogP contribution >= 0.6 is 34.7 Å². The van der Waals surface area contributed by atoms with Crippen LogP contribution < -0.4 is 14.4 Å². The van der Waals surface area contributed by atoms with E-state index in [0.29, 0.717) is 44.3 Å².